The number of aliphatic hydroxyl groups excluding tert-OH is 1. The minimum Gasteiger partial charge on any atom is -0.548 e. The first-order valence-corrected chi connectivity index (χ1v) is 4.53. The average Bonchev–Trinajstić information content (AvgIpc) is 2.31. The first kappa shape index (κ1) is 9.17. The fourth-order valence-corrected chi connectivity index (χ4v) is 1.31. The molecule has 4 N–H and O–H groups in total. The molecule has 1 aromatic heterocycles. The molecular formula is C5H10N4O2S. The Kier molecular flexibility index (Phi) is 3.20. The zero-order chi connectivity index (χ0) is 8.97. The van der Waals surface area contributed by atoms with Gasteiger partial charge in [-0.1, -0.05) is 0 Å². The number of nitrogens with one attached hydrogen (secondary N) is 1. The molecule has 0 aliphatic heterocycles. The molecule has 0 aliphatic rings. The predicted octanol–water partition coefficient (Wildman–Crippen LogP) is -0.997. The number of nitrogens with zero attached hydrogens (tertiary/aromatic N) is 2. The van der Waals surface area contributed by atoms with Crippen LogP contribution in [-0.4, -0.2) is 31.6 Å². The van der Waals surface area contributed by atoms with Crippen molar-refractivity contribution in [2.24, 2.45) is 4.99 Å². The number of anilines is 1. The van der Waals surface area contributed by atoms with Crippen molar-refractivity contribution in [1.29, 1.82) is 0 Å². The van der Waals surface area contributed by atoms with Crippen molar-refractivity contribution in [3.8, 4) is 0 Å². The van der Waals surface area contributed by atoms with Crippen molar-refractivity contribution < 1.29 is 9.66 Å². The Morgan fingerprint density at radius 1 is 1.75 bits per heavy atom. The lowest BCUT2D eigenvalue weighted by molar-refractivity contribution is 0.291. The first-order valence-electron chi connectivity index (χ1n) is 3.42. The van der Waals surface area contributed by atoms with Gasteiger partial charge in [0.2, 0.25) is 11.3 Å². The lowest BCUT2D eigenvalue weighted by Gasteiger charge is -1.85. The van der Waals surface area contributed by atoms with Crippen LogP contribution >= 0.6 is 11.1 Å². The van der Waals surface area contributed by atoms with Crippen molar-refractivity contribution in [3.63, 3.8) is 0 Å². The fourth-order valence-electron chi connectivity index (χ4n) is 0.665. The molecule has 68 valence electrons. The number of aromatic nitrogens is 2. The molecule has 0 spiro atoms. The maximum atomic E-state index is 10.7. The fraction of sp³-hybridized carbons (Fsp3) is 0.600. The van der Waals surface area contributed by atoms with E-state index in [1.807, 2.05) is 0 Å². The van der Waals surface area contributed by atoms with Crippen LogP contribution in [0.3, 0.4) is 0 Å². The van der Waals surface area contributed by atoms with E-state index in [9.17, 15) is 4.55 Å². The van der Waals surface area contributed by atoms with Gasteiger partial charge >= 0.3 is 0 Å². The molecule has 0 saturated heterocycles. The van der Waals surface area contributed by atoms with E-state index in [4.69, 9.17) is 10.8 Å². The molecule has 1 aromatic rings. The van der Waals surface area contributed by atoms with E-state index in [-0.39, 0.29) is 12.4 Å². The van der Waals surface area contributed by atoms with Crippen molar-refractivity contribution >= 4 is 17.0 Å². The lowest BCUT2D eigenvalue weighted by Crippen LogP contribution is -2.09. The van der Waals surface area contributed by atoms with Gasteiger partial charge in [-0.2, -0.15) is 0 Å². The van der Waals surface area contributed by atoms with Crippen LogP contribution in [-0.2, 0) is 0 Å². The standard InChI is InChI=1S/C5H10N4O2S/c6-4-5(7-2-1-3-10)9-12(11)8-4/h10H,1-3H2,(H2,6,8)(H,7,9). The molecule has 0 bridgehead atoms. The highest BCUT2D eigenvalue weighted by Crippen LogP contribution is 1.98. The molecule has 1 rings (SSSR count). The Labute approximate surface area is 71.9 Å². The van der Waals surface area contributed by atoms with Crippen LogP contribution in [0.5, 0.6) is 0 Å². The number of aliphatic hydroxyl groups is 1. The van der Waals surface area contributed by atoms with Gasteiger partial charge in [-0.3, -0.25) is 4.99 Å². The van der Waals surface area contributed by atoms with E-state index >= 15 is 0 Å². The Morgan fingerprint density at radius 2 is 2.50 bits per heavy atom. The van der Waals surface area contributed by atoms with Crippen LogP contribution in [0.4, 0.5) is 5.82 Å². The average molecular weight is 190 g/mol. The molecule has 7 heteroatoms. The van der Waals surface area contributed by atoms with Crippen LogP contribution in [0.25, 0.3) is 0 Å². The van der Waals surface area contributed by atoms with E-state index in [2.05, 4.69) is 13.7 Å². The van der Waals surface area contributed by atoms with Gasteiger partial charge in [0.1, 0.15) is 0 Å². The first-order chi connectivity index (χ1) is 5.74. The van der Waals surface area contributed by atoms with Gasteiger partial charge in [0.25, 0.3) is 0 Å². The van der Waals surface area contributed by atoms with Gasteiger partial charge in [-0.05, 0) is 6.42 Å². The third-order valence-electron chi connectivity index (χ3n) is 1.19. The van der Waals surface area contributed by atoms with Gasteiger partial charge in [0.15, 0.2) is 11.1 Å². The summed E-state index contributed by atoms with van der Waals surface area (Å²) in [7, 11) is 0. The molecule has 0 amide bonds. The third-order valence-corrected chi connectivity index (χ3v) is 1.92. The molecular weight excluding hydrogens is 180 g/mol. The second kappa shape index (κ2) is 4.19. The summed E-state index contributed by atoms with van der Waals surface area (Å²) >= 11 is -1.47. The lowest BCUT2D eigenvalue weighted by atomic mass is 10.5. The van der Waals surface area contributed by atoms with Gasteiger partial charge in [-0.25, -0.2) is 0 Å². The molecule has 1 unspecified atom stereocenters. The number of H-pyrrole nitrogens is 1. The third kappa shape index (κ3) is 2.29. The summed E-state index contributed by atoms with van der Waals surface area (Å²) in [5, 5.41) is 8.45. The molecule has 0 fully saturated rings. The van der Waals surface area contributed by atoms with Gasteiger partial charge < -0.3 is 15.4 Å². The summed E-state index contributed by atoms with van der Waals surface area (Å²) in [5.74, 6) is 0.159. The quantitative estimate of drug-likeness (QED) is 0.419. The molecule has 0 radical (unpaired) electrons. The second-order valence-corrected chi connectivity index (χ2v) is 3.02. The van der Waals surface area contributed by atoms with Gasteiger partial charge in [0, 0.05) is 17.5 Å². The predicted molar refractivity (Wildman–Crippen MR) is 43.8 cm³/mol. The summed E-state index contributed by atoms with van der Waals surface area (Å²) in [6.45, 7) is 0.531. The Balaban J connectivity index is 2.72. The largest absolute Gasteiger partial charge is 0.548 e. The molecule has 1 heterocycles. The van der Waals surface area contributed by atoms with E-state index < -0.39 is 11.1 Å². The van der Waals surface area contributed by atoms with Crippen LogP contribution < -0.4 is 11.2 Å². The highest BCUT2D eigenvalue weighted by Gasteiger charge is 2.01. The summed E-state index contributed by atoms with van der Waals surface area (Å²) < 4.78 is 16.7. The number of aromatic amines is 1. The zero-order valence-electron chi connectivity index (χ0n) is 6.36. The number of hydrogen-bond acceptors (Lipinski definition) is 5. The van der Waals surface area contributed by atoms with E-state index in [1.165, 1.54) is 0 Å². The highest BCUT2D eigenvalue weighted by molar-refractivity contribution is 7.13. The van der Waals surface area contributed by atoms with Crippen molar-refractivity contribution in [2.75, 3.05) is 18.9 Å². The minimum atomic E-state index is -1.47. The zero-order valence-corrected chi connectivity index (χ0v) is 7.17. The maximum absolute atomic E-state index is 10.7. The molecule has 0 aromatic carbocycles. The van der Waals surface area contributed by atoms with Crippen LogP contribution in [0.2, 0.25) is 0 Å². The molecule has 12 heavy (non-hydrogen) atoms. The van der Waals surface area contributed by atoms with Gasteiger partial charge in [0.05, 0.1) is 0 Å². The summed E-state index contributed by atoms with van der Waals surface area (Å²) in [6, 6.07) is 0. The Bertz CT molecular complexity index is 305. The van der Waals surface area contributed by atoms with Crippen LogP contribution in [0, 0.1) is 0 Å². The van der Waals surface area contributed by atoms with Crippen LogP contribution in [0.1, 0.15) is 6.42 Å². The van der Waals surface area contributed by atoms with Gasteiger partial charge in [-0.15, -0.1) is 4.37 Å². The molecule has 1 atom stereocenters. The molecule has 0 saturated carbocycles. The minimum absolute atomic E-state index is 0.0803. The number of rotatable bonds is 3. The van der Waals surface area contributed by atoms with Crippen LogP contribution in [0.15, 0.2) is 4.99 Å². The smallest absolute Gasteiger partial charge is 0.229 e. The summed E-state index contributed by atoms with van der Waals surface area (Å²) in [5.41, 5.74) is 5.70. The topological polar surface area (TPSA) is 110 Å². The molecule has 0 aliphatic carbocycles. The second-order valence-electron chi connectivity index (χ2n) is 2.14. The van der Waals surface area contributed by atoms with Crippen molar-refractivity contribution in [2.45, 2.75) is 6.42 Å². The SMILES string of the molecule is Nc1n[s+]([O-])[nH]c1=NCCCO. The Morgan fingerprint density at radius 3 is 3.00 bits per heavy atom. The molecule has 6 nitrogen and oxygen atoms in total. The normalized spacial score (nSPS) is 13.8. The number of nitrogen functional groups attached to an aromatic ring is 1. The highest BCUT2D eigenvalue weighted by atomic mass is 32.2. The van der Waals surface area contributed by atoms with E-state index in [0.717, 1.165) is 0 Å². The Hall–Kier alpha value is -0.920. The maximum Gasteiger partial charge on any atom is 0.229 e. The monoisotopic (exact) mass is 190 g/mol. The van der Waals surface area contributed by atoms with E-state index in [1.54, 1.807) is 0 Å². The van der Waals surface area contributed by atoms with Crippen molar-refractivity contribution in [3.05, 3.63) is 5.49 Å². The number of hydrogen-bond donors (Lipinski definition) is 3. The van der Waals surface area contributed by atoms with E-state index in [0.29, 0.717) is 18.5 Å². The summed E-state index contributed by atoms with van der Waals surface area (Å²) in [4.78, 5) is 3.94. The van der Waals surface area contributed by atoms with Crippen molar-refractivity contribution in [1.82, 2.24) is 8.75 Å². The summed E-state index contributed by atoms with van der Waals surface area (Å²) in [6.07, 6.45) is 0.561. The number of nitrogens with two attached hydrogens (primary N) is 1.